The van der Waals surface area contributed by atoms with E-state index in [-0.39, 0.29) is 18.2 Å². The van der Waals surface area contributed by atoms with E-state index in [1.165, 1.54) is 16.9 Å². The second-order valence-corrected chi connectivity index (χ2v) is 10.9. The van der Waals surface area contributed by atoms with Crippen molar-refractivity contribution in [1.29, 1.82) is 0 Å². The van der Waals surface area contributed by atoms with Crippen LogP contribution in [0.2, 0.25) is 0 Å². The zero-order valence-corrected chi connectivity index (χ0v) is 25.3. The van der Waals surface area contributed by atoms with Crippen molar-refractivity contribution in [2.24, 2.45) is 11.7 Å². The van der Waals surface area contributed by atoms with Crippen LogP contribution in [0.4, 0.5) is 17.1 Å². The Morgan fingerprint density at radius 1 is 0.778 bits per heavy atom. The zero-order valence-electron chi connectivity index (χ0n) is 25.3. The van der Waals surface area contributed by atoms with Gasteiger partial charge in [0, 0.05) is 5.69 Å². The van der Waals surface area contributed by atoms with E-state index in [1.807, 2.05) is 18.2 Å². The lowest BCUT2D eigenvalue weighted by Crippen LogP contribution is -2.61. The number of carbonyl (C=O) groups is 4. The number of carbonyl (C=O) groups excluding carboxylic acids is 4. The molecule has 2 N–H and O–H groups in total. The maximum absolute atomic E-state index is 14.9. The fraction of sp³-hybridized carbons (Fsp3) is 0.194. The summed E-state index contributed by atoms with van der Waals surface area (Å²) < 4.78 is 10.8. The van der Waals surface area contributed by atoms with Crippen LogP contribution in [-0.2, 0) is 36.1 Å². The number of nitrogens with zero attached hydrogens (tertiary/aromatic N) is 2. The Bertz CT molecular complexity index is 1690. The highest BCUT2D eigenvalue weighted by Crippen LogP contribution is 2.48. The molecule has 9 heteroatoms. The monoisotopic (exact) mass is 604 g/mol. The van der Waals surface area contributed by atoms with Gasteiger partial charge in [-0.3, -0.25) is 29.0 Å². The number of primary amides is 1. The minimum absolute atomic E-state index is 0.0370. The van der Waals surface area contributed by atoms with Crippen LogP contribution >= 0.6 is 0 Å². The van der Waals surface area contributed by atoms with Crippen molar-refractivity contribution in [2.75, 3.05) is 16.9 Å². The second kappa shape index (κ2) is 13.1. The molecule has 0 aliphatic carbocycles. The quantitative estimate of drug-likeness (QED) is 0.241. The van der Waals surface area contributed by atoms with E-state index in [2.05, 4.69) is 0 Å². The Balaban J connectivity index is 1.70. The van der Waals surface area contributed by atoms with Crippen LogP contribution in [-0.4, -0.2) is 30.8 Å². The van der Waals surface area contributed by atoms with Gasteiger partial charge in [-0.15, -0.1) is 0 Å². The third-order valence-corrected chi connectivity index (χ3v) is 7.96. The third kappa shape index (κ3) is 5.76. The number of benzene rings is 4. The molecule has 3 amide bonds. The number of fused-ring (bicyclic) bond motifs is 1. The Labute approximate surface area is 262 Å². The molecule has 1 unspecified atom stereocenters. The van der Waals surface area contributed by atoms with E-state index in [0.29, 0.717) is 22.7 Å². The predicted octanol–water partition coefficient (Wildman–Crippen LogP) is 5.45. The van der Waals surface area contributed by atoms with E-state index >= 15 is 0 Å². The van der Waals surface area contributed by atoms with Crippen LogP contribution in [0.15, 0.2) is 109 Å². The van der Waals surface area contributed by atoms with Crippen LogP contribution in [0, 0.1) is 11.8 Å². The first-order valence-electron chi connectivity index (χ1n) is 14.5. The average Bonchev–Trinajstić information content (AvgIpc) is 3.14. The Hall–Kier alpha value is -5.44. The summed E-state index contributed by atoms with van der Waals surface area (Å²) in [6.45, 7) is 3.52. The number of hydrogen-bond donors (Lipinski definition) is 1. The Morgan fingerprint density at radius 2 is 1.36 bits per heavy atom. The number of esters is 1. The van der Waals surface area contributed by atoms with Crippen molar-refractivity contribution in [3.8, 4) is 5.75 Å². The molecule has 0 saturated heterocycles. The molecule has 4 aromatic carbocycles. The molecule has 45 heavy (non-hydrogen) atoms. The van der Waals surface area contributed by atoms with Gasteiger partial charge in [0.2, 0.25) is 17.7 Å². The van der Waals surface area contributed by atoms with Crippen LogP contribution in [0.3, 0.4) is 0 Å². The Morgan fingerprint density at radius 3 is 1.93 bits per heavy atom. The average molecular weight is 605 g/mol. The summed E-state index contributed by atoms with van der Waals surface area (Å²) in [6, 6.07) is 31.4. The lowest BCUT2D eigenvalue weighted by Gasteiger charge is -2.45. The normalized spacial score (nSPS) is 14.8. The topological polar surface area (TPSA) is 119 Å². The molecule has 1 heterocycles. The zero-order chi connectivity index (χ0) is 32.1. The lowest BCUT2D eigenvalue weighted by atomic mass is 9.76. The predicted molar refractivity (Wildman–Crippen MR) is 170 cm³/mol. The molecule has 0 aromatic heterocycles. The van der Waals surface area contributed by atoms with Gasteiger partial charge < -0.3 is 15.2 Å². The molecule has 1 atom stereocenters. The molecule has 0 fully saturated rings. The molecule has 1 radical (unpaired) electrons. The second-order valence-electron chi connectivity index (χ2n) is 10.9. The third-order valence-electron chi connectivity index (χ3n) is 7.96. The summed E-state index contributed by atoms with van der Waals surface area (Å²) in [5.74, 6) is -3.52. The number of nitrogens with two attached hydrogens (primary N) is 1. The fourth-order valence-corrected chi connectivity index (χ4v) is 5.79. The minimum Gasteiger partial charge on any atom is -0.497 e. The highest BCUT2D eigenvalue weighted by atomic mass is 16.5. The first kappa shape index (κ1) is 31.0. The van der Waals surface area contributed by atoms with Crippen molar-refractivity contribution in [1.82, 2.24) is 0 Å². The van der Waals surface area contributed by atoms with Crippen molar-refractivity contribution in [3.05, 3.63) is 126 Å². The number of anilines is 3. The number of methoxy groups -OCH3 is 1. The van der Waals surface area contributed by atoms with Crippen LogP contribution in [0.25, 0.3) is 0 Å². The molecule has 1 aliphatic rings. The van der Waals surface area contributed by atoms with Gasteiger partial charge >= 0.3 is 5.97 Å². The highest BCUT2D eigenvalue weighted by molar-refractivity contribution is 6.32. The van der Waals surface area contributed by atoms with E-state index < -0.39 is 41.6 Å². The molecule has 0 spiro atoms. The van der Waals surface area contributed by atoms with E-state index in [4.69, 9.17) is 15.2 Å². The number of ether oxygens (including phenoxy) is 2. The van der Waals surface area contributed by atoms with E-state index in [1.54, 1.807) is 105 Å². The maximum Gasteiger partial charge on any atom is 0.307 e. The smallest absolute Gasteiger partial charge is 0.307 e. The summed E-state index contributed by atoms with van der Waals surface area (Å²) in [6.07, 6.45) is -0.631. The fourth-order valence-electron chi connectivity index (χ4n) is 5.79. The minimum atomic E-state index is -1.77. The molecule has 229 valence electrons. The van der Waals surface area contributed by atoms with Crippen LogP contribution in [0.5, 0.6) is 5.75 Å². The summed E-state index contributed by atoms with van der Waals surface area (Å²) in [5.41, 5.74) is 6.74. The van der Waals surface area contributed by atoms with Crippen molar-refractivity contribution in [2.45, 2.75) is 32.4 Å². The lowest BCUT2D eigenvalue weighted by molar-refractivity contribution is -0.146. The van der Waals surface area contributed by atoms with Gasteiger partial charge in [0.05, 0.1) is 24.9 Å². The largest absolute Gasteiger partial charge is 0.497 e. The van der Waals surface area contributed by atoms with Crippen LogP contribution in [0.1, 0.15) is 31.4 Å². The molecule has 0 saturated carbocycles. The molecule has 5 rings (SSSR count). The summed E-state index contributed by atoms with van der Waals surface area (Å²) in [7, 11) is 1.52. The number of amides is 3. The van der Waals surface area contributed by atoms with E-state index in [9.17, 15) is 19.2 Å². The SMILES string of the molecule is COc1ccc(C(C(N)=O)(C(C)C)N2C(=O)[C](CC(=O)OCc3ccccc3)C(=O)N(c3ccccc3)c3ccccc32)cc1. The van der Waals surface area contributed by atoms with E-state index in [0.717, 1.165) is 5.56 Å². The standard InChI is InChI=1S/C36H34N3O6/c1-24(2)36(35(37)43,26-18-20-28(44-3)21-19-26)39-31-17-11-10-16-30(31)38(27-14-8-5-9-15-27)33(41)29(34(39)42)22-32(40)45-23-25-12-6-4-7-13-25/h4-21,24H,22-23H2,1-3H3,(H2,37,43). The molecule has 4 aromatic rings. The van der Waals surface area contributed by atoms with Gasteiger partial charge in [-0.1, -0.05) is 86.6 Å². The number of rotatable bonds is 10. The van der Waals surface area contributed by atoms with Crippen LogP contribution < -0.4 is 20.3 Å². The molecule has 9 nitrogen and oxygen atoms in total. The maximum atomic E-state index is 14.9. The first-order valence-corrected chi connectivity index (χ1v) is 14.5. The van der Waals surface area contributed by atoms with Gasteiger partial charge in [0.15, 0.2) is 11.5 Å². The summed E-state index contributed by atoms with van der Waals surface area (Å²) >= 11 is 0. The summed E-state index contributed by atoms with van der Waals surface area (Å²) in [5, 5.41) is 0. The Kier molecular flexibility index (Phi) is 8.99. The van der Waals surface area contributed by atoms with Crippen molar-refractivity contribution in [3.63, 3.8) is 0 Å². The van der Waals surface area contributed by atoms with Gasteiger partial charge in [0.25, 0.3) is 0 Å². The summed E-state index contributed by atoms with van der Waals surface area (Å²) in [4.78, 5) is 59.1. The van der Waals surface area contributed by atoms with Gasteiger partial charge in [-0.25, -0.2) is 0 Å². The van der Waals surface area contributed by atoms with Gasteiger partial charge in [-0.05, 0) is 53.4 Å². The molecule has 0 bridgehead atoms. The molecule has 1 aliphatic heterocycles. The van der Waals surface area contributed by atoms with Gasteiger partial charge in [0.1, 0.15) is 12.4 Å². The number of hydrogen-bond acceptors (Lipinski definition) is 6. The first-order chi connectivity index (χ1) is 21.7. The van der Waals surface area contributed by atoms with Gasteiger partial charge in [-0.2, -0.15) is 0 Å². The number of para-hydroxylation sites is 3. The molecular formula is C36H34N3O6. The van der Waals surface area contributed by atoms with Crippen molar-refractivity contribution >= 4 is 40.8 Å². The van der Waals surface area contributed by atoms with Crippen molar-refractivity contribution < 1.29 is 28.7 Å². The molecular weight excluding hydrogens is 570 g/mol. The highest BCUT2D eigenvalue weighted by Gasteiger charge is 2.55.